The summed E-state index contributed by atoms with van der Waals surface area (Å²) in [5.74, 6) is 2.11. The monoisotopic (exact) mass is 368 g/mol. The lowest BCUT2D eigenvalue weighted by Crippen LogP contribution is -2.50. The number of hydrogen-bond acceptors (Lipinski definition) is 4. The molecule has 1 aliphatic heterocycles. The summed E-state index contributed by atoms with van der Waals surface area (Å²) >= 11 is 0. The summed E-state index contributed by atoms with van der Waals surface area (Å²) in [7, 11) is 1.67. The van der Waals surface area contributed by atoms with E-state index in [1.165, 1.54) is 5.56 Å². The minimum Gasteiger partial charge on any atom is -0.497 e. The third-order valence-corrected chi connectivity index (χ3v) is 4.96. The number of ether oxygens (including phenoxy) is 2. The number of nitrogens with zero attached hydrogens (tertiary/aromatic N) is 2. The maximum atomic E-state index is 12.5. The fourth-order valence-electron chi connectivity index (χ4n) is 3.21. The van der Waals surface area contributed by atoms with Crippen molar-refractivity contribution < 1.29 is 14.3 Å². The second kappa shape index (κ2) is 8.80. The fraction of sp³-hybridized carbons (Fsp3) is 0.409. The minimum absolute atomic E-state index is 0.0354. The van der Waals surface area contributed by atoms with E-state index >= 15 is 0 Å². The van der Waals surface area contributed by atoms with Crippen molar-refractivity contribution in [3.8, 4) is 11.5 Å². The molecule has 144 valence electrons. The summed E-state index contributed by atoms with van der Waals surface area (Å²) in [4.78, 5) is 16.6. The highest BCUT2D eigenvalue weighted by Crippen LogP contribution is 2.22. The van der Waals surface area contributed by atoms with Crippen molar-refractivity contribution in [2.45, 2.75) is 19.8 Å². The van der Waals surface area contributed by atoms with Gasteiger partial charge in [-0.2, -0.15) is 0 Å². The lowest BCUT2D eigenvalue weighted by atomic mass is 10.0. The Kier molecular flexibility index (Phi) is 6.22. The number of anilines is 1. The van der Waals surface area contributed by atoms with E-state index in [2.05, 4.69) is 36.9 Å². The first-order valence-corrected chi connectivity index (χ1v) is 9.46. The van der Waals surface area contributed by atoms with Gasteiger partial charge in [0.1, 0.15) is 11.5 Å². The third kappa shape index (κ3) is 4.94. The van der Waals surface area contributed by atoms with E-state index in [-0.39, 0.29) is 12.5 Å². The lowest BCUT2D eigenvalue weighted by Gasteiger charge is -2.36. The Hall–Kier alpha value is -2.69. The normalized spacial score (nSPS) is 14.4. The van der Waals surface area contributed by atoms with Gasteiger partial charge in [0.15, 0.2) is 6.61 Å². The zero-order chi connectivity index (χ0) is 19.2. The first-order chi connectivity index (χ1) is 13.1. The molecule has 0 N–H and O–H groups in total. The SMILES string of the molecule is COc1cccc(N2CCN(C(=O)COc3ccc(C(C)C)cc3)CC2)c1. The first-order valence-electron chi connectivity index (χ1n) is 9.46. The van der Waals surface area contributed by atoms with Gasteiger partial charge in [0.05, 0.1) is 7.11 Å². The summed E-state index contributed by atoms with van der Waals surface area (Å²) in [6, 6.07) is 16.0. The molecule has 0 atom stereocenters. The average Bonchev–Trinajstić information content (AvgIpc) is 2.72. The van der Waals surface area contributed by atoms with Crippen LogP contribution in [0.5, 0.6) is 11.5 Å². The summed E-state index contributed by atoms with van der Waals surface area (Å²) in [5, 5.41) is 0. The van der Waals surface area contributed by atoms with Crippen molar-refractivity contribution in [3.63, 3.8) is 0 Å². The summed E-state index contributed by atoms with van der Waals surface area (Å²) in [5.41, 5.74) is 2.39. The van der Waals surface area contributed by atoms with Crippen LogP contribution in [-0.4, -0.2) is 50.7 Å². The van der Waals surface area contributed by atoms with E-state index in [1.807, 2.05) is 35.2 Å². The molecule has 1 heterocycles. The molecule has 5 nitrogen and oxygen atoms in total. The molecule has 0 aromatic heterocycles. The number of carbonyl (C=O) groups excluding carboxylic acids is 1. The molecule has 27 heavy (non-hydrogen) atoms. The number of rotatable bonds is 6. The Labute approximate surface area is 161 Å². The molecule has 5 heteroatoms. The number of piperazine rings is 1. The smallest absolute Gasteiger partial charge is 0.260 e. The first kappa shape index (κ1) is 19.1. The summed E-state index contributed by atoms with van der Waals surface area (Å²) in [6.45, 7) is 7.41. The second-order valence-corrected chi connectivity index (χ2v) is 7.08. The number of benzene rings is 2. The van der Waals surface area contributed by atoms with Crippen molar-refractivity contribution in [2.24, 2.45) is 0 Å². The molecule has 2 aromatic carbocycles. The van der Waals surface area contributed by atoms with Gasteiger partial charge in [-0.1, -0.05) is 32.0 Å². The van der Waals surface area contributed by atoms with Crippen molar-refractivity contribution in [2.75, 3.05) is 44.8 Å². The molecular formula is C22H28N2O3. The van der Waals surface area contributed by atoms with Crippen molar-refractivity contribution in [1.29, 1.82) is 0 Å². The molecule has 2 aromatic rings. The molecule has 1 fully saturated rings. The zero-order valence-corrected chi connectivity index (χ0v) is 16.4. The van der Waals surface area contributed by atoms with E-state index in [0.717, 1.165) is 30.3 Å². The highest BCUT2D eigenvalue weighted by molar-refractivity contribution is 5.78. The zero-order valence-electron chi connectivity index (χ0n) is 16.4. The molecule has 0 aliphatic carbocycles. The van der Waals surface area contributed by atoms with Gasteiger partial charge in [-0.25, -0.2) is 0 Å². The van der Waals surface area contributed by atoms with Gasteiger partial charge >= 0.3 is 0 Å². The Morgan fingerprint density at radius 1 is 1.00 bits per heavy atom. The van der Waals surface area contributed by atoms with Crippen molar-refractivity contribution >= 4 is 11.6 Å². The molecule has 0 saturated carbocycles. The number of amides is 1. The van der Waals surface area contributed by atoms with Crippen LogP contribution in [0.1, 0.15) is 25.3 Å². The molecule has 0 spiro atoms. The van der Waals surface area contributed by atoms with E-state index in [0.29, 0.717) is 19.0 Å². The summed E-state index contributed by atoms with van der Waals surface area (Å²) in [6.07, 6.45) is 0. The van der Waals surface area contributed by atoms with Crippen LogP contribution in [0, 0.1) is 0 Å². The topological polar surface area (TPSA) is 42.0 Å². The maximum Gasteiger partial charge on any atom is 0.260 e. The second-order valence-electron chi connectivity index (χ2n) is 7.08. The minimum atomic E-state index is 0.0354. The molecule has 1 aliphatic rings. The van der Waals surface area contributed by atoms with E-state index in [9.17, 15) is 4.79 Å². The van der Waals surface area contributed by atoms with Crippen LogP contribution in [0.2, 0.25) is 0 Å². The molecule has 3 rings (SSSR count). The van der Waals surface area contributed by atoms with Crippen LogP contribution in [0.25, 0.3) is 0 Å². The molecule has 0 radical (unpaired) electrons. The Bertz CT molecular complexity index is 750. The highest BCUT2D eigenvalue weighted by atomic mass is 16.5. The van der Waals surface area contributed by atoms with Gasteiger partial charge in [-0.3, -0.25) is 4.79 Å². The summed E-state index contributed by atoms with van der Waals surface area (Å²) < 4.78 is 11.0. The Balaban J connectivity index is 1.48. The van der Waals surface area contributed by atoms with Crippen LogP contribution >= 0.6 is 0 Å². The quantitative estimate of drug-likeness (QED) is 0.782. The highest BCUT2D eigenvalue weighted by Gasteiger charge is 2.21. The molecule has 0 unspecified atom stereocenters. The Morgan fingerprint density at radius 2 is 1.70 bits per heavy atom. The van der Waals surface area contributed by atoms with Crippen molar-refractivity contribution in [1.82, 2.24) is 4.90 Å². The van der Waals surface area contributed by atoms with Gasteiger partial charge < -0.3 is 19.3 Å². The number of carbonyl (C=O) groups is 1. The van der Waals surface area contributed by atoms with Gasteiger partial charge in [0.25, 0.3) is 5.91 Å². The molecule has 1 amide bonds. The van der Waals surface area contributed by atoms with Gasteiger partial charge in [-0.15, -0.1) is 0 Å². The van der Waals surface area contributed by atoms with Crippen LogP contribution in [0.3, 0.4) is 0 Å². The predicted molar refractivity (Wildman–Crippen MR) is 108 cm³/mol. The van der Waals surface area contributed by atoms with Crippen LogP contribution in [-0.2, 0) is 4.79 Å². The third-order valence-electron chi connectivity index (χ3n) is 4.96. The standard InChI is InChI=1S/C22H28N2O3/c1-17(2)18-7-9-20(10-8-18)27-16-22(25)24-13-11-23(12-14-24)19-5-4-6-21(15-19)26-3/h4-10,15,17H,11-14,16H2,1-3H3. The maximum absolute atomic E-state index is 12.5. The average molecular weight is 368 g/mol. The molecule has 1 saturated heterocycles. The van der Waals surface area contributed by atoms with Crippen LogP contribution in [0.4, 0.5) is 5.69 Å². The Morgan fingerprint density at radius 3 is 2.33 bits per heavy atom. The predicted octanol–water partition coefficient (Wildman–Crippen LogP) is 3.55. The van der Waals surface area contributed by atoms with Gasteiger partial charge in [0, 0.05) is 37.9 Å². The van der Waals surface area contributed by atoms with E-state index in [4.69, 9.17) is 9.47 Å². The van der Waals surface area contributed by atoms with Crippen molar-refractivity contribution in [3.05, 3.63) is 54.1 Å². The van der Waals surface area contributed by atoms with Gasteiger partial charge in [-0.05, 0) is 35.7 Å². The van der Waals surface area contributed by atoms with E-state index < -0.39 is 0 Å². The van der Waals surface area contributed by atoms with Crippen LogP contribution in [0.15, 0.2) is 48.5 Å². The largest absolute Gasteiger partial charge is 0.497 e. The van der Waals surface area contributed by atoms with E-state index in [1.54, 1.807) is 7.11 Å². The number of hydrogen-bond donors (Lipinski definition) is 0. The van der Waals surface area contributed by atoms with Gasteiger partial charge in [0.2, 0.25) is 0 Å². The number of methoxy groups -OCH3 is 1. The van der Waals surface area contributed by atoms with Crippen LogP contribution < -0.4 is 14.4 Å². The fourth-order valence-corrected chi connectivity index (χ4v) is 3.21. The molecular weight excluding hydrogens is 340 g/mol. The lowest BCUT2D eigenvalue weighted by molar-refractivity contribution is -0.133. The molecule has 0 bridgehead atoms.